The largest absolute Gasteiger partial charge is 0.459 e. The molecular formula is C26H28N4O3S. The van der Waals surface area contributed by atoms with E-state index in [-0.39, 0.29) is 24.8 Å². The summed E-state index contributed by atoms with van der Waals surface area (Å²) in [5.41, 5.74) is 9.16. The summed E-state index contributed by atoms with van der Waals surface area (Å²) < 4.78 is 5.56. The molecule has 4 rings (SSSR count). The first kappa shape index (κ1) is 23.7. The van der Waals surface area contributed by atoms with Gasteiger partial charge in [-0.25, -0.2) is 9.78 Å². The smallest absolute Gasteiger partial charge is 0.329 e. The van der Waals surface area contributed by atoms with Crippen LogP contribution < -0.4 is 11.1 Å². The van der Waals surface area contributed by atoms with Crippen molar-refractivity contribution in [3.05, 3.63) is 88.0 Å². The Morgan fingerprint density at radius 1 is 1.15 bits per heavy atom. The number of aromatic amines is 1. The molecule has 0 aliphatic carbocycles. The fourth-order valence-electron chi connectivity index (χ4n) is 3.77. The van der Waals surface area contributed by atoms with E-state index in [0.29, 0.717) is 5.01 Å². The second-order valence-corrected chi connectivity index (χ2v) is 9.04. The highest BCUT2D eigenvalue weighted by molar-refractivity contribution is 7.09. The number of H-pyrrole nitrogens is 1. The van der Waals surface area contributed by atoms with Gasteiger partial charge in [-0.1, -0.05) is 61.9 Å². The first-order valence-corrected chi connectivity index (χ1v) is 12.2. The molecule has 176 valence electrons. The van der Waals surface area contributed by atoms with Crippen LogP contribution in [-0.2, 0) is 22.6 Å². The van der Waals surface area contributed by atoms with Crippen LogP contribution in [0, 0.1) is 0 Å². The Kier molecular flexibility index (Phi) is 7.72. The summed E-state index contributed by atoms with van der Waals surface area (Å²) in [6.07, 6.45) is 3.88. The molecule has 34 heavy (non-hydrogen) atoms. The predicted molar refractivity (Wildman–Crippen MR) is 133 cm³/mol. The SMILES string of the molecule is CCCC(N)c1nc(C(=O)NC(Cc2c[nH]c3ccccc23)C(=O)OCc2ccccc2)cs1. The van der Waals surface area contributed by atoms with Gasteiger partial charge in [0.2, 0.25) is 0 Å². The van der Waals surface area contributed by atoms with Crippen molar-refractivity contribution >= 4 is 34.1 Å². The number of ether oxygens (including phenoxy) is 1. The van der Waals surface area contributed by atoms with E-state index in [1.165, 1.54) is 11.3 Å². The number of aromatic nitrogens is 2. The monoisotopic (exact) mass is 476 g/mol. The minimum atomic E-state index is -0.870. The average Bonchev–Trinajstić information content (AvgIpc) is 3.51. The molecule has 7 nitrogen and oxygen atoms in total. The molecular weight excluding hydrogens is 448 g/mol. The number of hydrogen-bond donors (Lipinski definition) is 3. The number of para-hydroxylation sites is 1. The number of nitrogens with zero attached hydrogens (tertiary/aromatic N) is 1. The Hall–Kier alpha value is -3.49. The lowest BCUT2D eigenvalue weighted by Crippen LogP contribution is -2.43. The predicted octanol–water partition coefficient (Wildman–Crippen LogP) is 4.51. The molecule has 4 aromatic rings. The number of rotatable bonds is 10. The van der Waals surface area contributed by atoms with Crippen molar-refractivity contribution in [3.8, 4) is 0 Å². The third-order valence-electron chi connectivity index (χ3n) is 5.58. The fourth-order valence-corrected chi connectivity index (χ4v) is 4.61. The van der Waals surface area contributed by atoms with Gasteiger partial charge in [-0.15, -0.1) is 11.3 Å². The number of thiazole rings is 1. The molecule has 2 aromatic heterocycles. The Balaban J connectivity index is 1.51. The lowest BCUT2D eigenvalue weighted by molar-refractivity contribution is -0.147. The molecule has 2 heterocycles. The van der Waals surface area contributed by atoms with Crippen LogP contribution in [0.2, 0.25) is 0 Å². The second kappa shape index (κ2) is 11.1. The molecule has 0 aliphatic rings. The topological polar surface area (TPSA) is 110 Å². The van der Waals surface area contributed by atoms with Gasteiger partial charge in [-0.2, -0.15) is 0 Å². The zero-order valence-electron chi connectivity index (χ0n) is 19.0. The van der Waals surface area contributed by atoms with Crippen LogP contribution in [0.15, 0.2) is 66.2 Å². The number of hydrogen-bond acceptors (Lipinski definition) is 6. The van der Waals surface area contributed by atoms with Crippen LogP contribution in [0.5, 0.6) is 0 Å². The Labute approximate surface area is 202 Å². The van der Waals surface area contributed by atoms with Crippen LogP contribution in [-0.4, -0.2) is 27.9 Å². The van der Waals surface area contributed by atoms with E-state index in [1.54, 1.807) is 5.38 Å². The number of amides is 1. The zero-order chi connectivity index (χ0) is 23.9. The van der Waals surface area contributed by atoms with Gasteiger partial charge in [-0.05, 0) is 23.6 Å². The van der Waals surface area contributed by atoms with E-state index in [4.69, 9.17) is 10.5 Å². The van der Waals surface area contributed by atoms with Gasteiger partial charge in [0, 0.05) is 28.9 Å². The molecule has 2 unspecified atom stereocenters. The molecule has 2 aromatic carbocycles. The lowest BCUT2D eigenvalue weighted by atomic mass is 10.0. The molecule has 0 bridgehead atoms. The van der Waals surface area contributed by atoms with Crippen molar-refractivity contribution < 1.29 is 14.3 Å². The quantitative estimate of drug-likeness (QED) is 0.292. The molecule has 0 saturated carbocycles. The summed E-state index contributed by atoms with van der Waals surface area (Å²) in [5, 5.41) is 6.23. The number of nitrogens with one attached hydrogen (secondary N) is 2. The van der Waals surface area contributed by atoms with Crippen LogP contribution in [0.3, 0.4) is 0 Å². The minimum Gasteiger partial charge on any atom is -0.459 e. The van der Waals surface area contributed by atoms with Crippen molar-refractivity contribution in [2.75, 3.05) is 0 Å². The van der Waals surface area contributed by atoms with Crippen molar-refractivity contribution in [1.82, 2.24) is 15.3 Å². The average molecular weight is 477 g/mol. The van der Waals surface area contributed by atoms with Crippen molar-refractivity contribution in [1.29, 1.82) is 0 Å². The summed E-state index contributed by atoms with van der Waals surface area (Å²) in [6, 6.07) is 16.2. The Morgan fingerprint density at radius 2 is 1.91 bits per heavy atom. The summed E-state index contributed by atoms with van der Waals surface area (Å²) >= 11 is 1.36. The number of carbonyl (C=O) groups excluding carboxylic acids is 2. The van der Waals surface area contributed by atoms with E-state index >= 15 is 0 Å². The van der Waals surface area contributed by atoms with E-state index in [9.17, 15) is 9.59 Å². The normalized spacial score (nSPS) is 12.9. The highest BCUT2D eigenvalue weighted by Crippen LogP contribution is 2.22. The van der Waals surface area contributed by atoms with Crippen LogP contribution in [0.4, 0.5) is 0 Å². The highest BCUT2D eigenvalue weighted by atomic mass is 32.1. The van der Waals surface area contributed by atoms with Crippen molar-refractivity contribution in [2.24, 2.45) is 5.73 Å². The van der Waals surface area contributed by atoms with E-state index in [0.717, 1.165) is 34.9 Å². The lowest BCUT2D eigenvalue weighted by Gasteiger charge is -2.17. The van der Waals surface area contributed by atoms with Crippen LogP contribution in [0.25, 0.3) is 10.9 Å². The van der Waals surface area contributed by atoms with Gasteiger partial charge >= 0.3 is 5.97 Å². The molecule has 4 N–H and O–H groups in total. The first-order chi connectivity index (χ1) is 16.5. The molecule has 0 spiro atoms. The number of fused-ring (bicyclic) bond motifs is 1. The summed E-state index contributed by atoms with van der Waals surface area (Å²) in [5.74, 6) is -0.923. The summed E-state index contributed by atoms with van der Waals surface area (Å²) in [4.78, 5) is 33.7. The maximum atomic E-state index is 13.1. The van der Waals surface area contributed by atoms with Gasteiger partial charge in [0.05, 0.1) is 6.04 Å². The molecule has 8 heteroatoms. The molecule has 0 radical (unpaired) electrons. The van der Waals surface area contributed by atoms with Gasteiger partial charge in [0.15, 0.2) is 0 Å². The van der Waals surface area contributed by atoms with Crippen LogP contribution >= 0.6 is 11.3 Å². The van der Waals surface area contributed by atoms with Gasteiger partial charge in [0.1, 0.15) is 23.4 Å². The Morgan fingerprint density at radius 3 is 2.71 bits per heavy atom. The standard InChI is InChI=1S/C26H28N4O3S/c1-2-8-20(27)25-30-23(16-34-25)24(31)29-22(26(32)33-15-17-9-4-3-5-10-17)13-18-14-28-21-12-7-6-11-19(18)21/h3-7,9-12,14,16,20,22,28H,2,8,13,15,27H2,1H3,(H,29,31). The van der Waals surface area contributed by atoms with E-state index in [1.807, 2.05) is 60.8 Å². The van der Waals surface area contributed by atoms with Gasteiger partial charge in [-0.3, -0.25) is 4.79 Å². The molecule has 0 fully saturated rings. The number of carbonyl (C=O) groups is 2. The van der Waals surface area contributed by atoms with E-state index < -0.39 is 17.9 Å². The number of esters is 1. The van der Waals surface area contributed by atoms with Crippen LogP contribution in [0.1, 0.15) is 52.4 Å². The molecule has 0 aliphatic heterocycles. The summed E-state index contributed by atoms with van der Waals surface area (Å²) in [6.45, 7) is 2.18. The van der Waals surface area contributed by atoms with Crippen molar-refractivity contribution in [2.45, 2.75) is 44.9 Å². The van der Waals surface area contributed by atoms with Crippen molar-refractivity contribution in [3.63, 3.8) is 0 Å². The molecule has 0 saturated heterocycles. The maximum Gasteiger partial charge on any atom is 0.329 e. The maximum absolute atomic E-state index is 13.1. The second-order valence-electron chi connectivity index (χ2n) is 8.15. The fraction of sp³-hybridized carbons (Fsp3) is 0.269. The zero-order valence-corrected chi connectivity index (χ0v) is 19.8. The van der Waals surface area contributed by atoms with Gasteiger partial charge < -0.3 is 20.8 Å². The first-order valence-electron chi connectivity index (χ1n) is 11.3. The highest BCUT2D eigenvalue weighted by Gasteiger charge is 2.26. The molecule has 2 atom stereocenters. The van der Waals surface area contributed by atoms with Gasteiger partial charge in [0.25, 0.3) is 5.91 Å². The molecule has 1 amide bonds. The summed E-state index contributed by atoms with van der Waals surface area (Å²) in [7, 11) is 0. The third-order valence-corrected chi connectivity index (χ3v) is 6.56. The number of nitrogens with two attached hydrogens (primary N) is 1. The minimum absolute atomic E-state index is 0.132. The van der Waals surface area contributed by atoms with E-state index in [2.05, 4.69) is 22.2 Å². The Bertz CT molecular complexity index is 1250. The number of benzene rings is 2. The third kappa shape index (κ3) is 5.70.